The van der Waals surface area contributed by atoms with Gasteiger partial charge < -0.3 is 5.73 Å². The summed E-state index contributed by atoms with van der Waals surface area (Å²) in [5, 5.41) is 0. The molecule has 0 aliphatic heterocycles. The zero-order valence-electron chi connectivity index (χ0n) is 6.00. The van der Waals surface area contributed by atoms with Crippen molar-refractivity contribution in [1.82, 2.24) is 4.98 Å². The van der Waals surface area contributed by atoms with Crippen LogP contribution in [-0.4, -0.2) is 11.3 Å². The van der Waals surface area contributed by atoms with Gasteiger partial charge in [-0.05, 0) is 6.07 Å². The molecule has 0 aliphatic rings. The lowest BCUT2D eigenvalue weighted by Gasteiger charge is -2.01. The molecule has 0 aliphatic carbocycles. The van der Waals surface area contributed by atoms with Crippen LogP contribution in [0.25, 0.3) is 0 Å². The van der Waals surface area contributed by atoms with Crippen LogP contribution in [0.2, 0.25) is 0 Å². The van der Waals surface area contributed by atoms with E-state index in [0.717, 1.165) is 12.3 Å². The Labute approximate surface area is 67.2 Å². The molecule has 0 amide bonds. The van der Waals surface area contributed by atoms with Gasteiger partial charge in [0.25, 0.3) is 6.43 Å². The number of halogens is 2. The van der Waals surface area contributed by atoms with Crippen molar-refractivity contribution in [3.05, 3.63) is 23.4 Å². The van der Waals surface area contributed by atoms with Gasteiger partial charge in [0, 0.05) is 11.8 Å². The Morgan fingerprint density at radius 2 is 2.25 bits per heavy atom. The predicted octanol–water partition coefficient (Wildman–Crippen LogP) is 1.41. The molecular weight excluding hydrogens is 166 g/mol. The van der Waals surface area contributed by atoms with Crippen LogP contribution < -0.4 is 5.73 Å². The largest absolute Gasteiger partial charge is 0.383 e. The van der Waals surface area contributed by atoms with Crippen molar-refractivity contribution in [3.63, 3.8) is 0 Å². The van der Waals surface area contributed by atoms with E-state index in [2.05, 4.69) is 4.98 Å². The Balaban J connectivity index is 3.13. The van der Waals surface area contributed by atoms with Gasteiger partial charge in [-0.2, -0.15) is 0 Å². The van der Waals surface area contributed by atoms with Crippen LogP contribution in [0.1, 0.15) is 22.3 Å². The van der Waals surface area contributed by atoms with Crippen LogP contribution in [0.3, 0.4) is 0 Å². The molecule has 0 aromatic carbocycles. The van der Waals surface area contributed by atoms with Crippen LogP contribution in [0, 0.1) is 0 Å². The molecule has 1 aromatic rings. The molecule has 0 spiro atoms. The Kier molecular flexibility index (Phi) is 2.32. The summed E-state index contributed by atoms with van der Waals surface area (Å²) in [5.74, 6) is -0.0330. The maximum Gasteiger partial charge on any atom is 0.265 e. The third-order valence-corrected chi connectivity index (χ3v) is 1.35. The SMILES string of the molecule is Nc1ncc(C(F)F)cc1C=O. The van der Waals surface area contributed by atoms with Crippen molar-refractivity contribution in [2.75, 3.05) is 5.73 Å². The summed E-state index contributed by atoms with van der Waals surface area (Å²) in [6.45, 7) is 0. The monoisotopic (exact) mass is 172 g/mol. The van der Waals surface area contributed by atoms with E-state index in [1.807, 2.05) is 0 Å². The van der Waals surface area contributed by atoms with E-state index in [1.165, 1.54) is 0 Å². The summed E-state index contributed by atoms with van der Waals surface area (Å²) in [6.07, 6.45) is -1.28. The van der Waals surface area contributed by atoms with Crippen LogP contribution >= 0.6 is 0 Å². The third-order valence-electron chi connectivity index (χ3n) is 1.35. The van der Waals surface area contributed by atoms with E-state index in [4.69, 9.17) is 5.73 Å². The molecule has 0 fully saturated rings. The molecule has 2 N–H and O–H groups in total. The number of carbonyl (C=O) groups excluding carboxylic acids is 1. The number of nitrogens with two attached hydrogens (primary N) is 1. The average molecular weight is 172 g/mol. The van der Waals surface area contributed by atoms with E-state index in [-0.39, 0.29) is 16.9 Å². The first-order chi connectivity index (χ1) is 5.65. The normalized spacial score (nSPS) is 10.2. The molecule has 0 saturated heterocycles. The van der Waals surface area contributed by atoms with Crippen molar-refractivity contribution in [3.8, 4) is 0 Å². The quantitative estimate of drug-likeness (QED) is 0.686. The van der Waals surface area contributed by atoms with Crippen LogP contribution in [0.4, 0.5) is 14.6 Å². The lowest BCUT2D eigenvalue weighted by molar-refractivity contribution is 0.112. The maximum atomic E-state index is 12.0. The topological polar surface area (TPSA) is 56.0 Å². The summed E-state index contributed by atoms with van der Waals surface area (Å²) in [6, 6.07) is 1.03. The Morgan fingerprint density at radius 3 is 2.75 bits per heavy atom. The molecular formula is C7H6F2N2O. The standard InChI is InChI=1S/C7H6F2N2O/c8-6(9)4-1-5(3-12)7(10)11-2-4/h1-3,6H,(H2,10,11). The van der Waals surface area contributed by atoms with Crippen molar-refractivity contribution in [2.24, 2.45) is 0 Å². The zero-order valence-corrected chi connectivity index (χ0v) is 6.00. The fraction of sp³-hybridized carbons (Fsp3) is 0.143. The van der Waals surface area contributed by atoms with Gasteiger partial charge in [-0.25, -0.2) is 13.8 Å². The lowest BCUT2D eigenvalue weighted by atomic mass is 10.2. The van der Waals surface area contributed by atoms with Crippen molar-refractivity contribution in [2.45, 2.75) is 6.43 Å². The minimum Gasteiger partial charge on any atom is -0.383 e. The maximum absolute atomic E-state index is 12.0. The van der Waals surface area contributed by atoms with Gasteiger partial charge in [0.05, 0.1) is 5.56 Å². The molecule has 1 heterocycles. The van der Waals surface area contributed by atoms with Gasteiger partial charge in [-0.15, -0.1) is 0 Å². The molecule has 12 heavy (non-hydrogen) atoms. The molecule has 5 heteroatoms. The Hall–Kier alpha value is -1.52. The number of aldehydes is 1. The zero-order chi connectivity index (χ0) is 9.14. The minimum atomic E-state index is -2.63. The van der Waals surface area contributed by atoms with E-state index >= 15 is 0 Å². The number of rotatable bonds is 2. The number of alkyl halides is 2. The van der Waals surface area contributed by atoms with Crippen molar-refractivity contribution >= 4 is 12.1 Å². The van der Waals surface area contributed by atoms with Crippen LogP contribution in [0.15, 0.2) is 12.3 Å². The number of hydrogen-bond acceptors (Lipinski definition) is 3. The molecule has 0 atom stereocenters. The molecule has 1 rings (SSSR count). The summed E-state index contributed by atoms with van der Waals surface area (Å²) in [7, 11) is 0. The summed E-state index contributed by atoms with van der Waals surface area (Å²) in [5.41, 5.74) is 4.91. The molecule has 0 unspecified atom stereocenters. The molecule has 0 radical (unpaired) electrons. The summed E-state index contributed by atoms with van der Waals surface area (Å²) >= 11 is 0. The highest BCUT2D eigenvalue weighted by molar-refractivity contribution is 5.81. The highest BCUT2D eigenvalue weighted by Crippen LogP contribution is 2.19. The molecule has 3 nitrogen and oxygen atoms in total. The van der Waals surface area contributed by atoms with Gasteiger partial charge >= 0.3 is 0 Å². The van der Waals surface area contributed by atoms with E-state index in [9.17, 15) is 13.6 Å². The van der Waals surface area contributed by atoms with Crippen molar-refractivity contribution in [1.29, 1.82) is 0 Å². The number of nitrogen functional groups attached to an aromatic ring is 1. The fourth-order valence-corrected chi connectivity index (χ4v) is 0.723. The fourth-order valence-electron chi connectivity index (χ4n) is 0.723. The number of carbonyl (C=O) groups is 1. The second-order valence-corrected chi connectivity index (χ2v) is 2.16. The summed E-state index contributed by atoms with van der Waals surface area (Å²) < 4.78 is 24.0. The smallest absolute Gasteiger partial charge is 0.265 e. The van der Waals surface area contributed by atoms with Gasteiger partial charge in [0.2, 0.25) is 0 Å². The summed E-state index contributed by atoms with van der Waals surface area (Å²) in [4.78, 5) is 13.7. The molecule has 1 aromatic heterocycles. The first-order valence-electron chi connectivity index (χ1n) is 3.14. The van der Waals surface area contributed by atoms with E-state index in [1.54, 1.807) is 0 Å². The van der Waals surface area contributed by atoms with Gasteiger partial charge in [-0.1, -0.05) is 0 Å². The number of hydrogen-bond donors (Lipinski definition) is 1. The van der Waals surface area contributed by atoms with Gasteiger partial charge in [0.15, 0.2) is 6.29 Å². The number of pyridine rings is 1. The minimum absolute atomic E-state index is 0.00667. The Morgan fingerprint density at radius 1 is 1.58 bits per heavy atom. The first-order valence-corrected chi connectivity index (χ1v) is 3.14. The van der Waals surface area contributed by atoms with E-state index < -0.39 is 6.43 Å². The first kappa shape index (κ1) is 8.58. The van der Waals surface area contributed by atoms with Crippen LogP contribution in [-0.2, 0) is 0 Å². The molecule has 0 bridgehead atoms. The van der Waals surface area contributed by atoms with Gasteiger partial charge in [-0.3, -0.25) is 4.79 Å². The third kappa shape index (κ3) is 1.55. The second kappa shape index (κ2) is 3.25. The number of anilines is 1. The Bertz CT molecular complexity index is 301. The second-order valence-electron chi connectivity index (χ2n) is 2.16. The highest BCUT2D eigenvalue weighted by Gasteiger charge is 2.09. The van der Waals surface area contributed by atoms with Crippen molar-refractivity contribution < 1.29 is 13.6 Å². The van der Waals surface area contributed by atoms with E-state index in [0.29, 0.717) is 6.29 Å². The lowest BCUT2D eigenvalue weighted by Crippen LogP contribution is -1.98. The number of aromatic nitrogens is 1. The van der Waals surface area contributed by atoms with Crippen LogP contribution in [0.5, 0.6) is 0 Å². The number of nitrogens with zero attached hydrogens (tertiary/aromatic N) is 1. The van der Waals surface area contributed by atoms with Gasteiger partial charge in [0.1, 0.15) is 5.82 Å². The highest BCUT2D eigenvalue weighted by atomic mass is 19.3. The molecule has 0 saturated carbocycles. The predicted molar refractivity (Wildman–Crippen MR) is 39.0 cm³/mol. The average Bonchev–Trinajstić information content (AvgIpc) is 2.05. The molecule has 64 valence electrons.